The molecule has 7 nitrogen and oxygen atoms in total. The monoisotopic (exact) mass is 475 g/mol. The number of anilines is 2. The Morgan fingerprint density at radius 3 is 2.59 bits per heavy atom. The Bertz CT molecular complexity index is 1270. The van der Waals surface area contributed by atoms with Crippen molar-refractivity contribution in [2.45, 2.75) is 44.1 Å². The van der Waals surface area contributed by atoms with Crippen LogP contribution in [0.5, 0.6) is 0 Å². The van der Waals surface area contributed by atoms with Crippen molar-refractivity contribution in [3.8, 4) is 0 Å². The third-order valence-electron chi connectivity index (χ3n) is 6.54. The Morgan fingerprint density at radius 2 is 1.91 bits per heavy atom. The number of hydrogen-bond donors (Lipinski definition) is 3. The quantitative estimate of drug-likeness (QED) is 0.497. The van der Waals surface area contributed by atoms with Gasteiger partial charge in [-0.25, -0.2) is 4.68 Å². The van der Waals surface area contributed by atoms with Crippen LogP contribution >= 0.6 is 0 Å². The highest BCUT2D eigenvalue weighted by Crippen LogP contribution is 2.35. The molecule has 34 heavy (non-hydrogen) atoms. The summed E-state index contributed by atoms with van der Waals surface area (Å²) in [5.41, 5.74) is 5.99. The number of fused-ring (bicyclic) bond motifs is 1. The number of nitrogens with two attached hydrogens (primary N) is 1. The van der Waals surface area contributed by atoms with Gasteiger partial charge < -0.3 is 16.2 Å². The second-order valence-electron chi connectivity index (χ2n) is 9.02. The summed E-state index contributed by atoms with van der Waals surface area (Å²) in [7, 11) is 3.40. The number of benzene rings is 2. The molecular formula is C24H28F3N5O2. The highest BCUT2D eigenvalue weighted by molar-refractivity contribution is 5.91. The van der Waals surface area contributed by atoms with Gasteiger partial charge in [0.2, 0.25) is 0 Å². The molecule has 1 aromatic heterocycles. The lowest BCUT2D eigenvalue weighted by atomic mass is 9.87. The summed E-state index contributed by atoms with van der Waals surface area (Å²) in [4.78, 5) is 14.6. The van der Waals surface area contributed by atoms with Gasteiger partial charge in [0.25, 0.3) is 5.56 Å². The lowest BCUT2D eigenvalue weighted by molar-refractivity contribution is -0.137. The molecule has 0 saturated carbocycles. The van der Waals surface area contributed by atoms with Crippen LogP contribution in [0.1, 0.15) is 48.4 Å². The molecule has 182 valence electrons. The molecule has 3 aromatic rings. The van der Waals surface area contributed by atoms with Crippen LogP contribution in [0.4, 0.5) is 24.7 Å². The van der Waals surface area contributed by atoms with Crippen molar-refractivity contribution >= 4 is 22.3 Å². The molecule has 0 spiro atoms. The molecule has 2 aromatic carbocycles. The van der Waals surface area contributed by atoms with E-state index >= 15 is 0 Å². The third kappa shape index (κ3) is 4.74. The first-order valence-corrected chi connectivity index (χ1v) is 11.1. The standard InChI is InChI=1S/C24H28F3N5O2/c1-13(16-8-17(24(25,26)27)12-18(28)9-16)29-22-20-10-14(15-6-7-31(2)21(33)11-15)4-5-19(20)23(34)32(3)30-22/h4-5,8-10,12-13,15,21,33H,6-7,11,28H2,1-3H3,(H,29,30)/t13-,15?,21?/m1/s1. The van der Waals surface area contributed by atoms with E-state index in [4.69, 9.17) is 5.73 Å². The number of nitrogens with zero attached hydrogens (tertiary/aromatic N) is 3. The maximum atomic E-state index is 13.3. The summed E-state index contributed by atoms with van der Waals surface area (Å²) < 4.78 is 41.0. The first kappa shape index (κ1) is 24.0. The van der Waals surface area contributed by atoms with E-state index in [1.807, 2.05) is 24.1 Å². The fourth-order valence-electron chi connectivity index (χ4n) is 4.47. The Kier molecular flexibility index (Phi) is 6.30. The molecule has 2 heterocycles. The van der Waals surface area contributed by atoms with Crippen LogP contribution in [0.25, 0.3) is 10.8 Å². The van der Waals surface area contributed by atoms with Crippen molar-refractivity contribution in [1.82, 2.24) is 14.7 Å². The summed E-state index contributed by atoms with van der Waals surface area (Å²) >= 11 is 0. The van der Waals surface area contributed by atoms with Crippen molar-refractivity contribution < 1.29 is 18.3 Å². The number of piperidine rings is 1. The SMILES string of the molecule is C[C@@H](Nc1nn(C)c(=O)c2ccc(C3CCN(C)C(O)C3)cc12)c1cc(N)cc(C(F)(F)F)c1. The van der Waals surface area contributed by atoms with Crippen LogP contribution in [0.2, 0.25) is 0 Å². The number of nitrogen functional groups attached to an aromatic ring is 1. The summed E-state index contributed by atoms with van der Waals surface area (Å²) in [6.45, 7) is 2.46. The van der Waals surface area contributed by atoms with Crippen molar-refractivity contribution in [2.75, 3.05) is 24.6 Å². The molecule has 0 radical (unpaired) electrons. The molecule has 0 amide bonds. The Balaban J connectivity index is 1.73. The first-order chi connectivity index (χ1) is 15.9. The van der Waals surface area contributed by atoms with Crippen molar-refractivity contribution in [3.63, 3.8) is 0 Å². The van der Waals surface area contributed by atoms with Gasteiger partial charge in [-0.15, -0.1) is 0 Å². The summed E-state index contributed by atoms with van der Waals surface area (Å²) in [5.74, 6) is 0.504. The molecular weight excluding hydrogens is 447 g/mol. The van der Waals surface area contributed by atoms with E-state index in [0.29, 0.717) is 28.6 Å². The van der Waals surface area contributed by atoms with Gasteiger partial charge in [-0.05, 0) is 74.2 Å². The van der Waals surface area contributed by atoms with E-state index in [1.165, 1.54) is 17.8 Å². The Labute approximate surface area is 195 Å². The number of nitrogens with one attached hydrogen (secondary N) is 1. The number of hydrogen-bond acceptors (Lipinski definition) is 6. The summed E-state index contributed by atoms with van der Waals surface area (Å²) in [6.07, 6.45) is -3.62. The molecule has 4 N–H and O–H groups in total. The van der Waals surface area contributed by atoms with E-state index in [9.17, 15) is 23.1 Å². The molecule has 1 saturated heterocycles. The van der Waals surface area contributed by atoms with Crippen molar-refractivity contribution in [2.24, 2.45) is 7.05 Å². The van der Waals surface area contributed by atoms with E-state index in [0.717, 1.165) is 30.7 Å². The predicted molar refractivity (Wildman–Crippen MR) is 125 cm³/mol. The maximum absolute atomic E-state index is 13.3. The minimum atomic E-state index is -4.51. The number of halogens is 3. The lowest BCUT2D eigenvalue weighted by Crippen LogP contribution is -2.38. The van der Waals surface area contributed by atoms with Crippen LogP contribution < -0.4 is 16.6 Å². The number of aryl methyl sites for hydroxylation is 1. The molecule has 10 heteroatoms. The smallest absolute Gasteiger partial charge is 0.399 e. The fourth-order valence-corrected chi connectivity index (χ4v) is 4.47. The minimum absolute atomic E-state index is 0.0138. The molecule has 1 aliphatic heterocycles. The number of likely N-dealkylation sites (tertiary alicyclic amines) is 1. The molecule has 2 unspecified atom stereocenters. The Morgan fingerprint density at radius 1 is 1.18 bits per heavy atom. The van der Waals surface area contributed by atoms with Gasteiger partial charge in [0, 0.05) is 24.7 Å². The number of aliphatic hydroxyl groups excluding tert-OH is 1. The molecule has 0 aliphatic carbocycles. The molecule has 1 fully saturated rings. The predicted octanol–water partition coefficient (Wildman–Crippen LogP) is 3.84. The summed E-state index contributed by atoms with van der Waals surface area (Å²) in [5, 5.41) is 18.8. The van der Waals surface area contributed by atoms with E-state index in [1.54, 1.807) is 13.0 Å². The number of aliphatic hydroxyl groups is 1. The van der Waals surface area contributed by atoms with E-state index in [-0.39, 0.29) is 17.2 Å². The zero-order valence-electron chi connectivity index (χ0n) is 19.2. The first-order valence-electron chi connectivity index (χ1n) is 11.1. The van der Waals surface area contributed by atoms with Crippen LogP contribution in [-0.4, -0.2) is 39.6 Å². The average Bonchev–Trinajstić information content (AvgIpc) is 2.77. The van der Waals surface area contributed by atoms with Crippen molar-refractivity contribution in [1.29, 1.82) is 0 Å². The maximum Gasteiger partial charge on any atom is 0.416 e. The number of aromatic nitrogens is 2. The fraction of sp³-hybridized carbons (Fsp3) is 0.417. The minimum Gasteiger partial charge on any atom is -0.399 e. The van der Waals surface area contributed by atoms with Crippen LogP contribution in [0, 0.1) is 0 Å². The van der Waals surface area contributed by atoms with Gasteiger partial charge in [-0.1, -0.05) is 6.07 Å². The zero-order chi connectivity index (χ0) is 24.8. The highest BCUT2D eigenvalue weighted by Gasteiger charge is 2.31. The normalized spacial score (nSPS) is 20.4. The van der Waals surface area contributed by atoms with Gasteiger partial charge in [-0.2, -0.15) is 18.3 Å². The topological polar surface area (TPSA) is 96.4 Å². The van der Waals surface area contributed by atoms with E-state index in [2.05, 4.69) is 10.4 Å². The van der Waals surface area contributed by atoms with Gasteiger partial charge in [-0.3, -0.25) is 9.69 Å². The Hall–Kier alpha value is -3.11. The number of alkyl halides is 3. The molecule has 0 bridgehead atoms. The second-order valence-corrected chi connectivity index (χ2v) is 9.02. The average molecular weight is 476 g/mol. The summed E-state index contributed by atoms with van der Waals surface area (Å²) in [6, 6.07) is 8.42. The van der Waals surface area contributed by atoms with Crippen molar-refractivity contribution in [3.05, 3.63) is 63.4 Å². The molecule has 1 aliphatic rings. The highest BCUT2D eigenvalue weighted by atomic mass is 19.4. The second kappa shape index (κ2) is 8.92. The van der Waals surface area contributed by atoms with Gasteiger partial charge >= 0.3 is 6.18 Å². The van der Waals surface area contributed by atoms with Crippen LogP contribution in [0.15, 0.2) is 41.2 Å². The third-order valence-corrected chi connectivity index (χ3v) is 6.54. The largest absolute Gasteiger partial charge is 0.416 e. The van der Waals surface area contributed by atoms with Gasteiger partial charge in [0.1, 0.15) is 6.23 Å². The van der Waals surface area contributed by atoms with Crippen LogP contribution in [-0.2, 0) is 13.2 Å². The molecule has 4 rings (SSSR count). The van der Waals surface area contributed by atoms with E-state index < -0.39 is 24.0 Å². The molecule has 3 atom stereocenters. The van der Waals surface area contributed by atoms with Gasteiger partial charge in [0.05, 0.1) is 17.0 Å². The number of rotatable bonds is 4. The zero-order valence-corrected chi connectivity index (χ0v) is 19.2. The lowest BCUT2D eigenvalue weighted by Gasteiger charge is -2.34. The van der Waals surface area contributed by atoms with Gasteiger partial charge in [0.15, 0.2) is 5.82 Å². The van der Waals surface area contributed by atoms with Crippen LogP contribution in [0.3, 0.4) is 0 Å².